The summed E-state index contributed by atoms with van der Waals surface area (Å²) in [5.41, 5.74) is 3.42. The largest absolute Gasteiger partial charge is 0.487 e. The van der Waals surface area contributed by atoms with E-state index < -0.39 is 17.7 Å². The Morgan fingerprint density at radius 1 is 1.10 bits per heavy atom. The summed E-state index contributed by atoms with van der Waals surface area (Å²) in [6, 6.07) is 10.8. The predicted molar refractivity (Wildman–Crippen MR) is 113 cm³/mol. The second kappa shape index (κ2) is 7.79. The second-order valence-corrected chi connectivity index (χ2v) is 7.19. The van der Waals surface area contributed by atoms with E-state index in [4.69, 9.17) is 4.74 Å². The van der Waals surface area contributed by atoms with E-state index in [1.807, 2.05) is 35.9 Å². The van der Waals surface area contributed by atoms with E-state index in [0.29, 0.717) is 18.1 Å². The van der Waals surface area contributed by atoms with Crippen LogP contribution in [0, 0.1) is 11.6 Å². The molecule has 0 saturated heterocycles. The summed E-state index contributed by atoms with van der Waals surface area (Å²) in [6.07, 6.45) is 5.19. The molecule has 156 valence electrons. The molecule has 1 atom stereocenters. The minimum absolute atomic E-state index is 0.0517. The Morgan fingerprint density at radius 3 is 2.68 bits per heavy atom. The van der Waals surface area contributed by atoms with Gasteiger partial charge in [-0.25, -0.2) is 13.8 Å². The zero-order chi connectivity index (χ0) is 21.4. The first-order chi connectivity index (χ1) is 15.1. The van der Waals surface area contributed by atoms with Gasteiger partial charge in [0.1, 0.15) is 18.2 Å². The van der Waals surface area contributed by atoms with Gasteiger partial charge in [0.2, 0.25) is 0 Å². The molecule has 1 aliphatic rings. The van der Waals surface area contributed by atoms with E-state index >= 15 is 0 Å². The molecule has 1 unspecified atom stereocenters. The number of nitrogens with one attached hydrogen (secondary N) is 1. The number of anilines is 1. The normalized spacial score (nSPS) is 15.1. The highest BCUT2D eigenvalue weighted by atomic mass is 19.1. The lowest BCUT2D eigenvalue weighted by atomic mass is 10.0. The Labute approximate surface area is 177 Å². The third kappa shape index (κ3) is 3.50. The molecule has 0 spiro atoms. The van der Waals surface area contributed by atoms with Gasteiger partial charge >= 0.3 is 0 Å². The van der Waals surface area contributed by atoms with Gasteiger partial charge in [0.05, 0.1) is 17.4 Å². The fourth-order valence-corrected chi connectivity index (χ4v) is 3.73. The monoisotopic (exact) mass is 419 g/mol. The number of nitrogens with zero attached hydrogens (tertiary/aromatic N) is 4. The Balaban J connectivity index is 1.47. The number of halogens is 2. The lowest BCUT2D eigenvalue weighted by molar-refractivity contribution is 0.279. The molecule has 1 N–H and O–H groups in total. The fourth-order valence-electron chi connectivity index (χ4n) is 3.73. The average molecular weight is 419 g/mol. The molecule has 0 amide bonds. The van der Waals surface area contributed by atoms with Crippen molar-refractivity contribution in [2.75, 3.05) is 11.9 Å². The molecule has 0 bridgehead atoms. The van der Waals surface area contributed by atoms with Gasteiger partial charge in [0, 0.05) is 41.8 Å². The smallest absolute Gasteiger partial charge is 0.169 e. The zero-order valence-corrected chi connectivity index (χ0v) is 16.7. The van der Waals surface area contributed by atoms with Gasteiger partial charge in [-0.3, -0.25) is 9.67 Å². The highest BCUT2D eigenvalue weighted by molar-refractivity contribution is 5.71. The third-order valence-electron chi connectivity index (χ3n) is 5.25. The quantitative estimate of drug-likeness (QED) is 0.512. The van der Waals surface area contributed by atoms with Crippen molar-refractivity contribution in [1.29, 1.82) is 0 Å². The SMILES string of the molecule is CCn1nc(-c2cccnc2)cc1-c1cnc2c(c1)OCC(c1c(F)cccc1F)N2. The number of ether oxygens (including phenoxy) is 1. The Kier molecular flexibility index (Phi) is 4.82. The first-order valence-electron chi connectivity index (χ1n) is 9.96. The van der Waals surface area contributed by atoms with Crippen molar-refractivity contribution in [2.24, 2.45) is 0 Å². The van der Waals surface area contributed by atoms with Crippen LogP contribution >= 0.6 is 0 Å². The molecule has 0 aliphatic carbocycles. The second-order valence-electron chi connectivity index (χ2n) is 7.19. The summed E-state index contributed by atoms with van der Waals surface area (Å²) in [7, 11) is 0. The van der Waals surface area contributed by atoms with Crippen molar-refractivity contribution < 1.29 is 13.5 Å². The van der Waals surface area contributed by atoms with E-state index in [2.05, 4.69) is 20.4 Å². The van der Waals surface area contributed by atoms with Crippen LogP contribution in [-0.4, -0.2) is 26.4 Å². The summed E-state index contributed by atoms with van der Waals surface area (Å²) in [6.45, 7) is 2.78. The molecule has 4 heterocycles. The van der Waals surface area contributed by atoms with Crippen molar-refractivity contribution in [2.45, 2.75) is 19.5 Å². The minimum Gasteiger partial charge on any atom is -0.487 e. The molecule has 0 radical (unpaired) electrons. The number of aromatic nitrogens is 4. The summed E-state index contributed by atoms with van der Waals surface area (Å²) in [5, 5.41) is 7.75. The molecule has 5 rings (SSSR count). The number of hydrogen-bond donors (Lipinski definition) is 1. The molecule has 1 aliphatic heterocycles. The highest BCUT2D eigenvalue weighted by Gasteiger charge is 2.27. The van der Waals surface area contributed by atoms with E-state index in [0.717, 1.165) is 22.5 Å². The van der Waals surface area contributed by atoms with Gasteiger partial charge in [-0.1, -0.05) is 6.07 Å². The summed E-state index contributed by atoms with van der Waals surface area (Å²) in [4.78, 5) is 8.61. The van der Waals surface area contributed by atoms with Crippen molar-refractivity contribution in [3.8, 4) is 28.3 Å². The van der Waals surface area contributed by atoms with Crippen LogP contribution in [0.2, 0.25) is 0 Å². The van der Waals surface area contributed by atoms with Crippen LogP contribution in [0.1, 0.15) is 18.5 Å². The minimum atomic E-state index is -0.662. The van der Waals surface area contributed by atoms with Crippen LogP contribution in [0.25, 0.3) is 22.5 Å². The van der Waals surface area contributed by atoms with Crippen LogP contribution in [-0.2, 0) is 6.54 Å². The molecule has 0 fully saturated rings. The van der Waals surface area contributed by atoms with Crippen molar-refractivity contribution in [1.82, 2.24) is 19.7 Å². The van der Waals surface area contributed by atoms with Gasteiger partial charge in [0.15, 0.2) is 11.6 Å². The van der Waals surface area contributed by atoms with Gasteiger partial charge in [-0.15, -0.1) is 0 Å². The molecular weight excluding hydrogens is 400 g/mol. The van der Waals surface area contributed by atoms with Crippen LogP contribution in [0.5, 0.6) is 5.75 Å². The van der Waals surface area contributed by atoms with E-state index in [-0.39, 0.29) is 12.2 Å². The van der Waals surface area contributed by atoms with Crippen molar-refractivity contribution in [3.05, 3.63) is 78.3 Å². The van der Waals surface area contributed by atoms with E-state index in [1.54, 1.807) is 18.6 Å². The lowest BCUT2D eigenvalue weighted by Gasteiger charge is -2.27. The first kappa shape index (κ1) is 19.2. The zero-order valence-electron chi connectivity index (χ0n) is 16.7. The van der Waals surface area contributed by atoms with Crippen molar-refractivity contribution >= 4 is 5.82 Å². The maximum absolute atomic E-state index is 14.2. The first-order valence-corrected chi connectivity index (χ1v) is 9.96. The number of pyridine rings is 2. The standard InChI is InChI=1S/C23H19F2N5O/c1-2-30-20(10-18(29-30)14-5-4-8-26-11-14)15-9-21-23(27-12-15)28-19(13-31-21)22-16(24)6-3-7-17(22)25/h3-12,19H,2,13H2,1H3,(H,27,28). The van der Waals surface area contributed by atoms with Crippen LogP contribution in [0.4, 0.5) is 14.6 Å². The van der Waals surface area contributed by atoms with Crippen LogP contribution in [0.15, 0.2) is 61.1 Å². The fraction of sp³-hybridized carbons (Fsp3) is 0.174. The maximum atomic E-state index is 14.2. The van der Waals surface area contributed by atoms with E-state index in [1.165, 1.54) is 18.2 Å². The Hall–Kier alpha value is -3.81. The van der Waals surface area contributed by atoms with Crippen LogP contribution in [0.3, 0.4) is 0 Å². The summed E-state index contributed by atoms with van der Waals surface area (Å²) >= 11 is 0. The molecule has 4 aromatic rings. The number of fused-ring (bicyclic) bond motifs is 1. The van der Waals surface area contributed by atoms with Crippen molar-refractivity contribution in [3.63, 3.8) is 0 Å². The molecule has 31 heavy (non-hydrogen) atoms. The molecule has 1 aromatic carbocycles. The molecule has 6 nitrogen and oxygen atoms in total. The van der Waals surface area contributed by atoms with Gasteiger partial charge in [-0.05, 0) is 43.3 Å². The highest BCUT2D eigenvalue weighted by Crippen LogP contribution is 2.37. The molecular formula is C23H19F2N5O. The predicted octanol–water partition coefficient (Wildman–Crippen LogP) is 4.85. The summed E-state index contributed by atoms with van der Waals surface area (Å²) in [5.74, 6) is -0.262. The van der Waals surface area contributed by atoms with Gasteiger partial charge < -0.3 is 10.1 Å². The maximum Gasteiger partial charge on any atom is 0.169 e. The van der Waals surface area contributed by atoms with Crippen LogP contribution < -0.4 is 10.1 Å². The van der Waals surface area contributed by atoms with Gasteiger partial charge in [-0.2, -0.15) is 5.10 Å². The summed E-state index contributed by atoms with van der Waals surface area (Å²) < 4.78 is 36.0. The third-order valence-corrected chi connectivity index (χ3v) is 5.25. The molecule has 3 aromatic heterocycles. The number of aryl methyl sites for hydroxylation is 1. The number of hydrogen-bond acceptors (Lipinski definition) is 5. The topological polar surface area (TPSA) is 64.9 Å². The molecule has 8 heteroatoms. The number of rotatable bonds is 4. The molecule has 0 saturated carbocycles. The average Bonchev–Trinajstić information content (AvgIpc) is 3.24. The Bertz CT molecular complexity index is 1220. The van der Waals surface area contributed by atoms with E-state index in [9.17, 15) is 8.78 Å². The van der Waals surface area contributed by atoms with Gasteiger partial charge in [0.25, 0.3) is 0 Å². The lowest BCUT2D eigenvalue weighted by Crippen LogP contribution is -2.26. The Morgan fingerprint density at radius 2 is 1.94 bits per heavy atom. The number of benzene rings is 1.